The van der Waals surface area contributed by atoms with Crippen LogP contribution in [0.3, 0.4) is 0 Å². The third-order valence-electron chi connectivity index (χ3n) is 3.79. The van der Waals surface area contributed by atoms with E-state index in [2.05, 4.69) is 31.1 Å². The van der Waals surface area contributed by atoms with Crippen molar-refractivity contribution in [3.8, 4) is 0 Å². The summed E-state index contributed by atoms with van der Waals surface area (Å²) in [7, 11) is 2.96. The molecule has 1 heterocycles. The zero-order valence-electron chi connectivity index (χ0n) is 12.0. The minimum atomic E-state index is -0.523. The van der Waals surface area contributed by atoms with Crippen LogP contribution in [0.15, 0.2) is 15.5 Å². The second-order valence-corrected chi connectivity index (χ2v) is 5.80. The van der Waals surface area contributed by atoms with Crippen LogP contribution in [0.2, 0.25) is 0 Å². The smallest absolute Gasteiger partial charge is 0.327 e. The van der Waals surface area contributed by atoms with E-state index in [0.717, 1.165) is 23.9 Å². The minimum Gasteiger partial charge on any atom is -0.468 e. The van der Waals surface area contributed by atoms with Crippen molar-refractivity contribution in [1.82, 2.24) is 9.78 Å². The molecule has 0 bridgehead atoms. The number of ether oxygens (including phenoxy) is 2. The normalized spacial score (nSPS) is 16.1. The van der Waals surface area contributed by atoms with E-state index >= 15 is 0 Å². The van der Waals surface area contributed by atoms with Gasteiger partial charge in [-0.05, 0) is 35.2 Å². The van der Waals surface area contributed by atoms with Crippen LogP contribution in [0.25, 0.3) is 0 Å². The Balaban J connectivity index is 2.09. The Labute approximate surface area is 130 Å². The molecule has 0 saturated heterocycles. The van der Waals surface area contributed by atoms with Gasteiger partial charge in [0.05, 0.1) is 24.6 Å². The van der Waals surface area contributed by atoms with Crippen LogP contribution in [-0.2, 0) is 20.8 Å². The maximum Gasteiger partial charge on any atom is 0.327 e. The lowest BCUT2D eigenvalue weighted by Gasteiger charge is -2.40. The molecule has 21 heavy (non-hydrogen) atoms. The molecule has 0 aromatic carbocycles. The molecular weight excluding hydrogens is 342 g/mol. The molecule has 116 valence electrons. The third-order valence-corrected chi connectivity index (χ3v) is 4.56. The van der Waals surface area contributed by atoms with E-state index < -0.39 is 5.97 Å². The number of anilines is 1. The highest BCUT2D eigenvalue weighted by atomic mass is 79.9. The number of aromatic nitrogens is 2. The summed E-state index contributed by atoms with van der Waals surface area (Å²) >= 11 is 3.24. The molecule has 0 spiro atoms. The van der Waals surface area contributed by atoms with Crippen LogP contribution in [0.1, 0.15) is 19.3 Å². The Morgan fingerprint density at radius 2 is 2.24 bits per heavy atom. The topological polar surface area (TPSA) is 82.5 Å². The fourth-order valence-electron chi connectivity index (χ4n) is 2.17. The zero-order chi connectivity index (χ0) is 15.5. The fourth-order valence-corrected chi connectivity index (χ4v) is 2.62. The van der Waals surface area contributed by atoms with E-state index in [1.165, 1.54) is 13.3 Å². The van der Waals surface area contributed by atoms with E-state index in [9.17, 15) is 9.59 Å². The number of nitrogens with zero attached hydrogens (tertiary/aromatic N) is 2. The molecule has 0 radical (unpaired) electrons. The van der Waals surface area contributed by atoms with E-state index in [0.29, 0.717) is 16.7 Å². The van der Waals surface area contributed by atoms with Crippen molar-refractivity contribution in [2.75, 3.05) is 26.1 Å². The van der Waals surface area contributed by atoms with Gasteiger partial charge in [-0.25, -0.2) is 4.68 Å². The van der Waals surface area contributed by atoms with Gasteiger partial charge < -0.3 is 14.8 Å². The lowest BCUT2D eigenvalue weighted by atomic mass is 9.80. The summed E-state index contributed by atoms with van der Waals surface area (Å²) in [6, 6.07) is 0. The third kappa shape index (κ3) is 3.44. The first-order chi connectivity index (χ1) is 10.0. The van der Waals surface area contributed by atoms with Crippen molar-refractivity contribution in [2.24, 2.45) is 0 Å². The van der Waals surface area contributed by atoms with Gasteiger partial charge in [-0.3, -0.25) is 9.59 Å². The molecule has 7 nitrogen and oxygen atoms in total. The molecule has 2 rings (SSSR count). The summed E-state index contributed by atoms with van der Waals surface area (Å²) in [5.74, 6) is -0.523. The van der Waals surface area contributed by atoms with Gasteiger partial charge in [-0.1, -0.05) is 0 Å². The summed E-state index contributed by atoms with van der Waals surface area (Å²) < 4.78 is 11.4. The highest BCUT2D eigenvalue weighted by Crippen LogP contribution is 2.35. The van der Waals surface area contributed by atoms with Crippen molar-refractivity contribution in [2.45, 2.75) is 31.4 Å². The molecule has 1 aromatic rings. The van der Waals surface area contributed by atoms with Gasteiger partial charge in [0.25, 0.3) is 5.56 Å². The molecule has 0 atom stereocenters. The Morgan fingerprint density at radius 3 is 2.76 bits per heavy atom. The Bertz CT molecular complexity index is 578. The van der Waals surface area contributed by atoms with Crippen molar-refractivity contribution in [3.63, 3.8) is 0 Å². The first-order valence-electron chi connectivity index (χ1n) is 6.63. The number of rotatable bonds is 6. The number of esters is 1. The predicted octanol–water partition coefficient (Wildman–Crippen LogP) is 1.16. The molecule has 0 unspecified atom stereocenters. The maximum atomic E-state index is 12.1. The summed E-state index contributed by atoms with van der Waals surface area (Å²) in [6.07, 6.45) is 4.66. The maximum absolute atomic E-state index is 12.1. The summed E-state index contributed by atoms with van der Waals surface area (Å²) in [5.41, 5.74) is 0.0512. The van der Waals surface area contributed by atoms with Crippen molar-refractivity contribution in [3.05, 3.63) is 21.0 Å². The molecule has 1 aromatic heterocycles. The number of hydrogen-bond donors (Lipinski definition) is 1. The standard InChI is InChI=1S/C13H18BrN3O4/c1-20-10(18)7-17-12(19)11(14)9(6-16-17)15-8-13(21-2)4-3-5-13/h6,15H,3-5,7-8H2,1-2H3. The average Bonchev–Trinajstić information content (AvgIpc) is 2.45. The molecule has 8 heteroatoms. The zero-order valence-corrected chi connectivity index (χ0v) is 13.6. The largest absolute Gasteiger partial charge is 0.468 e. The van der Waals surface area contributed by atoms with E-state index in [4.69, 9.17) is 4.74 Å². The van der Waals surface area contributed by atoms with Gasteiger partial charge >= 0.3 is 5.97 Å². The molecule has 0 amide bonds. The molecular formula is C13H18BrN3O4. The van der Waals surface area contributed by atoms with Crippen molar-refractivity contribution < 1.29 is 14.3 Å². The molecule has 1 aliphatic rings. The van der Waals surface area contributed by atoms with Crippen LogP contribution in [-0.4, -0.2) is 42.1 Å². The van der Waals surface area contributed by atoms with Gasteiger partial charge in [0, 0.05) is 13.7 Å². The highest BCUT2D eigenvalue weighted by molar-refractivity contribution is 9.10. The van der Waals surface area contributed by atoms with Gasteiger partial charge in [0.15, 0.2) is 0 Å². The number of nitrogens with one attached hydrogen (secondary N) is 1. The molecule has 0 aliphatic heterocycles. The number of carbonyl (C=O) groups excluding carboxylic acids is 1. The molecule has 1 N–H and O–H groups in total. The van der Waals surface area contributed by atoms with E-state index in [1.807, 2.05) is 0 Å². The summed E-state index contributed by atoms with van der Waals surface area (Å²) in [4.78, 5) is 23.3. The Morgan fingerprint density at radius 1 is 1.52 bits per heavy atom. The van der Waals surface area contributed by atoms with Gasteiger partial charge in [-0.15, -0.1) is 0 Å². The van der Waals surface area contributed by atoms with Crippen LogP contribution >= 0.6 is 15.9 Å². The summed E-state index contributed by atoms with van der Waals surface area (Å²) in [5, 5.41) is 7.15. The SMILES string of the molecule is COC(=O)Cn1ncc(NCC2(OC)CCC2)c(Br)c1=O. The van der Waals surface area contributed by atoms with Crippen LogP contribution in [0, 0.1) is 0 Å². The van der Waals surface area contributed by atoms with Gasteiger partial charge in [-0.2, -0.15) is 5.10 Å². The van der Waals surface area contributed by atoms with E-state index in [-0.39, 0.29) is 17.7 Å². The number of methoxy groups -OCH3 is 2. The minimum absolute atomic E-state index is 0.152. The summed E-state index contributed by atoms with van der Waals surface area (Å²) in [6.45, 7) is 0.403. The molecule has 1 aliphatic carbocycles. The first kappa shape index (κ1) is 16.0. The molecule has 1 fully saturated rings. The van der Waals surface area contributed by atoms with Crippen LogP contribution in [0.4, 0.5) is 5.69 Å². The highest BCUT2D eigenvalue weighted by Gasteiger charge is 2.36. The average molecular weight is 360 g/mol. The molecule has 1 saturated carbocycles. The Kier molecular flexibility index (Phi) is 5.00. The fraction of sp³-hybridized carbons (Fsp3) is 0.615. The number of carbonyl (C=O) groups is 1. The quantitative estimate of drug-likeness (QED) is 0.767. The number of halogens is 1. The number of hydrogen-bond acceptors (Lipinski definition) is 6. The lowest BCUT2D eigenvalue weighted by molar-refractivity contribution is -0.141. The predicted molar refractivity (Wildman–Crippen MR) is 80.3 cm³/mol. The lowest BCUT2D eigenvalue weighted by Crippen LogP contribution is -2.45. The Hall–Kier alpha value is -1.41. The monoisotopic (exact) mass is 359 g/mol. The van der Waals surface area contributed by atoms with E-state index in [1.54, 1.807) is 7.11 Å². The van der Waals surface area contributed by atoms with Crippen LogP contribution in [0.5, 0.6) is 0 Å². The second kappa shape index (κ2) is 6.57. The van der Waals surface area contributed by atoms with Gasteiger partial charge in [0.1, 0.15) is 11.0 Å². The van der Waals surface area contributed by atoms with Crippen LogP contribution < -0.4 is 10.9 Å². The van der Waals surface area contributed by atoms with Crippen molar-refractivity contribution in [1.29, 1.82) is 0 Å². The van der Waals surface area contributed by atoms with Gasteiger partial charge in [0.2, 0.25) is 0 Å². The van der Waals surface area contributed by atoms with Crippen molar-refractivity contribution >= 4 is 27.6 Å². The second-order valence-electron chi connectivity index (χ2n) is 5.01. The first-order valence-corrected chi connectivity index (χ1v) is 7.42.